The third-order valence-corrected chi connectivity index (χ3v) is 4.09. The van der Waals surface area contributed by atoms with E-state index >= 15 is 0 Å². The summed E-state index contributed by atoms with van der Waals surface area (Å²) in [4.78, 5) is 7.20. The predicted octanol–water partition coefficient (Wildman–Crippen LogP) is 3.97. The number of rotatable bonds is 7. The van der Waals surface area contributed by atoms with Gasteiger partial charge in [-0.05, 0) is 37.8 Å². The van der Waals surface area contributed by atoms with Gasteiger partial charge in [-0.1, -0.05) is 38.1 Å². The summed E-state index contributed by atoms with van der Waals surface area (Å²) in [6, 6.07) is 11.2. The first-order chi connectivity index (χ1) is 10.2. The molecule has 0 fully saturated rings. The van der Waals surface area contributed by atoms with Crippen LogP contribution in [0.15, 0.2) is 30.3 Å². The van der Waals surface area contributed by atoms with Crippen LogP contribution in [0.3, 0.4) is 0 Å². The monoisotopic (exact) mass is 285 g/mol. The molecule has 0 spiro atoms. The Balaban J connectivity index is 2.40. The average molecular weight is 285 g/mol. The molecule has 1 N–H and O–H groups in total. The van der Waals surface area contributed by atoms with Crippen molar-refractivity contribution in [2.45, 2.75) is 46.2 Å². The molecule has 0 aliphatic rings. The summed E-state index contributed by atoms with van der Waals surface area (Å²) in [5.74, 6) is 1.09. The number of nitrogens with one attached hydrogen (secondary N) is 1. The zero-order valence-corrected chi connectivity index (χ0v) is 13.7. The molecule has 1 aromatic carbocycles. The molecule has 0 aliphatic heterocycles. The SMILES string of the molecule is CCCNCc1cc2ccccc2c(N(C)C(C)CC)n1. The van der Waals surface area contributed by atoms with Crippen LogP contribution in [0.4, 0.5) is 5.82 Å². The van der Waals surface area contributed by atoms with E-state index in [1.54, 1.807) is 0 Å². The smallest absolute Gasteiger partial charge is 0.136 e. The topological polar surface area (TPSA) is 28.2 Å². The fourth-order valence-electron chi connectivity index (χ4n) is 2.47. The Kier molecular flexibility index (Phi) is 5.57. The molecule has 21 heavy (non-hydrogen) atoms. The van der Waals surface area contributed by atoms with Crippen molar-refractivity contribution in [3.8, 4) is 0 Å². The summed E-state index contributed by atoms with van der Waals surface area (Å²) >= 11 is 0. The van der Waals surface area contributed by atoms with E-state index in [4.69, 9.17) is 4.98 Å². The molecular weight excluding hydrogens is 258 g/mol. The third-order valence-electron chi connectivity index (χ3n) is 4.09. The Morgan fingerprint density at radius 2 is 2.00 bits per heavy atom. The van der Waals surface area contributed by atoms with Crippen LogP contribution in [0.5, 0.6) is 0 Å². The van der Waals surface area contributed by atoms with Crippen LogP contribution in [0.25, 0.3) is 10.8 Å². The lowest BCUT2D eigenvalue weighted by Crippen LogP contribution is -2.29. The van der Waals surface area contributed by atoms with Gasteiger partial charge in [0.15, 0.2) is 0 Å². The molecule has 0 amide bonds. The molecule has 0 saturated heterocycles. The molecule has 114 valence electrons. The summed E-state index contributed by atoms with van der Waals surface area (Å²) in [5, 5.41) is 5.95. The van der Waals surface area contributed by atoms with Crippen molar-refractivity contribution < 1.29 is 0 Å². The first-order valence-corrected chi connectivity index (χ1v) is 7.99. The maximum Gasteiger partial charge on any atom is 0.136 e. The largest absolute Gasteiger partial charge is 0.356 e. The lowest BCUT2D eigenvalue weighted by Gasteiger charge is -2.26. The van der Waals surface area contributed by atoms with Gasteiger partial charge in [-0.2, -0.15) is 0 Å². The van der Waals surface area contributed by atoms with Gasteiger partial charge in [0, 0.05) is 25.0 Å². The summed E-state index contributed by atoms with van der Waals surface area (Å²) in [5.41, 5.74) is 1.12. The maximum absolute atomic E-state index is 4.91. The minimum Gasteiger partial charge on any atom is -0.356 e. The minimum absolute atomic E-state index is 0.486. The highest BCUT2D eigenvalue weighted by Gasteiger charge is 2.14. The maximum atomic E-state index is 4.91. The van der Waals surface area contributed by atoms with Crippen molar-refractivity contribution in [1.29, 1.82) is 0 Å². The molecule has 1 atom stereocenters. The van der Waals surface area contributed by atoms with Crippen molar-refractivity contribution in [3.05, 3.63) is 36.0 Å². The van der Waals surface area contributed by atoms with Crippen molar-refractivity contribution >= 4 is 16.6 Å². The lowest BCUT2D eigenvalue weighted by atomic mass is 10.1. The van der Waals surface area contributed by atoms with Gasteiger partial charge in [0.1, 0.15) is 5.82 Å². The van der Waals surface area contributed by atoms with E-state index in [1.165, 1.54) is 10.8 Å². The van der Waals surface area contributed by atoms with Gasteiger partial charge < -0.3 is 10.2 Å². The van der Waals surface area contributed by atoms with Gasteiger partial charge in [-0.3, -0.25) is 0 Å². The Bertz CT molecular complexity index is 580. The van der Waals surface area contributed by atoms with Crippen molar-refractivity contribution in [2.75, 3.05) is 18.5 Å². The van der Waals surface area contributed by atoms with Crippen LogP contribution in [0.1, 0.15) is 39.3 Å². The number of nitrogens with zero attached hydrogens (tertiary/aromatic N) is 2. The Hall–Kier alpha value is -1.61. The number of fused-ring (bicyclic) bond motifs is 1. The summed E-state index contributed by atoms with van der Waals surface area (Å²) < 4.78 is 0. The quantitative estimate of drug-likeness (QED) is 0.780. The summed E-state index contributed by atoms with van der Waals surface area (Å²) in [7, 11) is 2.15. The van der Waals surface area contributed by atoms with Gasteiger partial charge >= 0.3 is 0 Å². The number of benzene rings is 1. The van der Waals surface area contributed by atoms with E-state index in [2.05, 4.69) is 68.4 Å². The highest BCUT2D eigenvalue weighted by molar-refractivity contribution is 5.92. The summed E-state index contributed by atoms with van der Waals surface area (Å²) in [6.45, 7) is 8.52. The molecule has 2 rings (SSSR count). The second kappa shape index (κ2) is 7.41. The Labute approximate surface area is 128 Å². The molecule has 1 unspecified atom stereocenters. The van der Waals surface area contributed by atoms with E-state index in [-0.39, 0.29) is 0 Å². The molecule has 0 saturated carbocycles. The predicted molar refractivity (Wildman–Crippen MR) is 91.9 cm³/mol. The lowest BCUT2D eigenvalue weighted by molar-refractivity contribution is 0.646. The number of hydrogen-bond acceptors (Lipinski definition) is 3. The molecule has 0 radical (unpaired) electrons. The average Bonchev–Trinajstić information content (AvgIpc) is 2.53. The van der Waals surface area contributed by atoms with Crippen LogP contribution < -0.4 is 10.2 Å². The number of aromatic nitrogens is 1. The molecule has 0 bridgehead atoms. The Morgan fingerprint density at radius 1 is 1.24 bits per heavy atom. The third kappa shape index (κ3) is 3.73. The van der Waals surface area contributed by atoms with E-state index < -0.39 is 0 Å². The highest BCUT2D eigenvalue weighted by atomic mass is 15.2. The van der Waals surface area contributed by atoms with Crippen LogP contribution in [0.2, 0.25) is 0 Å². The molecule has 1 heterocycles. The zero-order valence-electron chi connectivity index (χ0n) is 13.7. The molecule has 2 aromatic rings. The second-order valence-electron chi connectivity index (χ2n) is 5.70. The molecule has 0 aliphatic carbocycles. The fourth-order valence-corrected chi connectivity index (χ4v) is 2.47. The van der Waals surface area contributed by atoms with E-state index in [0.717, 1.165) is 37.4 Å². The highest BCUT2D eigenvalue weighted by Crippen LogP contribution is 2.26. The molecule has 1 aromatic heterocycles. The number of hydrogen-bond donors (Lipinski definition) is 1. The number of anilines is 1. The zero-order chi connectivity index (χ0) is 15.2. The van der Waals surface area contributed by atoms with Gasteiger partial charge in [0.05, 0.1) is 5.69 Å². The van der Waals surface area contributed by atoms with E-state index in [1.807, 2.05) is 0 Å². The first kappa shape index (κ1) is 15.8. The van der Waals surface area contributed by atoms with Crippen molar-refractivity contribution in [3.63, 3.8) is 0 Å². The van der Waals surface area contributed by atoms with Crippen LogP contribution in [-0.2, 0) is 6.54 Å². The fraction of sp³-hybridized carbons (Fsp3) is 0.500. The number of pyridine rings is 1. The molecule has 3 heteroatoms. The first-order valence-electron chi connectivity index (χ1n) is 7.99. The van der Waals surface area contributed by atoms with Crippen molar-refractivity contribution in [2.24, 2.45) is 0 Å². The van der Waals surface area contributed by atoms with Crippen molar-refractivity contribution in [1.82, 2.24) is 10.3 Å². The van der Waals surface area contributed by atoms with Crippen LogP contribution in [-0.4, -0.2) is 24.6 Å². The Morgan fingerprint density at radius 3 is 2.71 bits per heavy atom. The van der Waals surface area contributed by atoms with Gasteiger partial charge in [0.25, 0.3) is 0 Å². The van der Waals surface area contributed by atoms with Gasteiger partial charge in [-0.25, -0.2) is 4.98 Å². The molecular formula is C18H27N3. The van der Waals surface area contributed by atoms with Crippen LogP contribution in [0, 0.1) is 0 Å². The van der Waals surface area contributed by atoms with Gasteiger partial charge in [0.2, 0.25) is 0 Å². The molecule has 3 nitrogen and oxygen atoms in total. The van der Waals surface area contributed by atoms with E-state index in [0.29, 0.717) is 6.04 Å². The van der Waals surface area contributed by atoms with Crippen LogP contribution >= 0.6 is 0 Å². The summed E-state index contributed by atoms with van der Waals surface area (Å²) in [6.07, 6.45) is 2.26. The minimum atomic E-state index is 0.486. The normalized spacial score (nSPS) is 12.6. The standard InChI is InChI=1S/C18H27N3/c1-5-11-19-13-16-12-15-9-7-8-10-17(15)18(20-16)21(4)14(3)6-2/h7-10,12,14,19H,5-6,11,13H2,1-4H3. The van der Waals surface area contributed by atoms with E-state index in [9.17, 15) is 0 Å². The second-order valence-corrected chi connectivity index (χ2v) is 5.70. The van der Waals surface area contributed by atoms with Gasteiger partial charge in [-0.15, -0.1) is 0 Å².